The first-order chi connectivity index (χ1) is 7.31. The number of imidazole rings is 1. The van der Waals surface area contributed by atoms with Crippen molar-refractivity contribution < 1.29 is 4.79 Å². The summed E-state index contributed by atoms with van der Waals surface area (Å²) in [6, 6.07) is 0.325. The van der Waals surface area contributed by atoms with Crippen LogP contribution in [-0.2, 0) is 0 Å². The van der Waals surface area contributed by atoms with E-state index in [-0.39, 0.29) is 0 Å². The molecule has 0 bridgehead atoms. The smallest absolute Gasteiger partial charge is 0.168 e. The second kappa shape index (κ2) is 4.57. The number of nitrogens with zero attached hydrogens (tertiary/aromatic N) is 3. The zero-order valence-electron chi connectivity index (χ0n) is 9.09. The fourth-order valence-electron chi connectivity index (χ4n) is 2.20. The zero-order chi connectivity index (χ0) is 10.7. The summed E-state index contributed by atoms with van der Waals surface area (Å²) < 4.78 is 1.95. The molecule has 0 aliphatic carbocycles. The summed E-state index contributed by atoms with van der Waals surface area (Å²) in [6.07, 6.45) is 6.83. The van der Waals surface area contributed by atoms with Crippen LogP contribution in [0.4, 0.5) is 0 Å². The van der Waals surface area contributed by atoms with Gasteiger partial charge in [-0.3, -0.25) is 4.79 Å². The van der Waals surface area contributed by atoms with Crippen LogP contribution in [-0.4, -0.2) is 40.4 Å². The number of aldehydes is 1. The van der Waals surface area contributed by atoms with Gasteiger partial charge >= 0.3 is 0 Å². The van der Waals surface area contributed by atoms with Gasteiger partial charge in [-0.15, -0.1) is 0 Å². The van der Waals surface area contributed by atoms with Crippen molar-refractivity contribution in [3.63, 3.8) is 0 Å². The molecule has 1 unspecified atom stereocenters. The first-order valence-corrected chi connectivity index (χ1v) is 5.50. The lowest BCUT2D eigenvalue weighted by molar-refractivity contribution is 0.111. The van der Waals surface area contributed by atoms with Gasteiger partial charge in [0.15, 0.2) is 6.29 Å². The molecule has 1 aliphatic rings. The molecule has 0 aromatic carbocycles. The van der Waals surface area contributed by atoms with Gasteiger partial charge in [0.1, 0.15) is 5.69 Å². The Morgan fingerprint density at radius 2 is 2.27 bits per heavy atom. The summed E-state index contributed by atoms with van der Waals surface area (Å²) in [5.41, 5.74) is 0.668. The van der Waals surface area contributed by atoms with Gasteiger partial charge in [0.05, 0.1) is 12.5 Å². The molecule has 1 aliphatic heterocycles. The van der Waals surface area contributed by atoms with Crippen molar-refractivity contribution in [1.29, 1.82) is 0 Å². The van der Waals surface area contributed by atoms with Gasteiger partial charge < -0.3 is 9.47 Å². The van der Waals surface area contributed by atoms with Crippen molar-refractivity contribution >= 4 is 6.29 Å². The number of hydrogen-bond donors (Lipinski definition) is 0. The average Bonchev–Trinajstić information content (AvgIpc) is 2.86. The summed E-state index contributed by atoms with van der Waals surface area (Å²) in [4.78, 5) is 17.2. The Morgan fingerprint density at radius 3 is 2.93 bits per heavy atom. The molecule has 2 heterocycles. The van der Waals surface area contributed by atoms with E-state index in [0.29, 0.717) is 11.7 Å². The molecular formula is C11H17N3O. The highest BCUT2D eigenvalue weighted by atomic mass is 16.1. The lowest BCUT2D eigenvalue weighted by atomic mass is 10.3. The number of likely N-dealkylation sites (tertiary alicyclic amines) is 1. The van der Waals surface area contributed by atoms with Crippen molar-refractivity contribution in [3.05, 3.63) is 18.2 Å². The molecular weight excluding hydrogens is 190 g/mol. The Morgan fingerprint density at radius 1 is 1.53 bits per heavy atom. The third kappa shape index (κ3) is 2.26. The van der Waals surface area contributed by atoms with E-state index in [1.165, 1.54) is 25.9 Å². The van der Waals surface area contributed by atoms with Crippen LogP contribution in [0.1, 0.15) is 36.3 Å². The summed E-state index contributed by atoms with van der Waals surface area (Å²) in [6.45, 7) is 5.52. The van der Waals surface area contributed by atoms with Gasteiger partial charge in [0.25, 0.3) is 0 Å². The highest BCUT2D eigenvalue weighted by Gasteiger charge is 2.16. The van der Waals surface area contributed by atoms with Gasteiger partial charge in [-0.1, -0.05) is 0 Å². The summed E-state index contributed by atoms with van der Waals surface area (Å²) in [5, 5.41) is 0. The molecule has 0 N–H and O–H groups in total. The molecule has 0 amide bonds. The first kappa shape index (κ1) is 10.4. The Hall–Kier alpha value is -1.16. The minimum atomic E-state index is 0.325. The van der Waals surface area contributed by atoms with Crippen LogP contribution in [0.5, 0.6) is 0 Å². The molecule has 15 heavy (non-hydrogen) atoms. The standard InChI is InChI=1S/C11H17N3O/c1-10(7-13-4-2-3-5-13)14-9-12-6-11(14)8-15/h6,8-10H,2-5,7H2,1H3. The monoisotopic (exact) mass is 207 g/mol. The average molecular weight is 207 g/mol. The third-order valence-corrected chi connectivity index (χ3v) is 3.01. The largest absolute Gasteiger partial charge is 0.324 e. The van der Waals surface area contributed by atoms with Crippen LogP contribution in [0.2, 0.25) is 0 Å². The minimum absolute atomic E-state index is 0.325. The highest BCUT2D eigenvalue weighted by molar-refractivity contribution is 5.71. The summed E-state index contributed by atoms with van der Waals surface area (Å²) >= 11 is 0. The zero-order valence-corrected chi connectivity index (χ0v) is 9.09. The van der Waals surface area contributed by atoms with Crippen molar-refractivity contribution in [3.8, 4) is 0 Å². The van der Waals surface area contributed by atoms with Crippen LogP contribution >= 0.6 is 0 Å². The van der Waals surface area contributed by atoms with Crippen molar-refractivity contribution in [2.24, 2.45) is 0 Å². The Balaban J connectivity index is 2.00. The van der Waals surface area contributed by atoms with Crippen molar-refractivity contribution in [2.45, 2.75) is 25.8 Å². The second-order valence-corrected chi connectivity index (χ2v) is 4.20. The minimum Gasteiger partial charge on any atom is -0.324 e. The maximum Gasteiger partial charge on any atom is 0.168 e. The lowest BCUT2D eigenvalue weighted by Gasteiger charge is -2.21. The molecule has 1 fully saturated rings. The molecule has 1 aromatic heterocycles. The van der Waals surface area contributed by atoms with E-state index in [9.17, 15) is 4.79 Å². The van der Waals surface area contributed by atoms with Crippen molar-refractivity contribution in [2.75, 3.05) is 19.6 Å². The highest BCUT2D eigenvalue weighted by Crippen LogP contribution is 2.14. The van der Waals surface area contributed by atoms with Crippen LogP contribution in [0, 0.1) is 0 Å². The molecule has 4 heteroatoms. The van der Waals surface area contributed by atoms with Crippen LogP contribution in [0.15, 0.2) is 12.5 Å². The first-order valence-electron chi connectivity index (χ1n) is 5.50. The number of rotatable bonds is 4. The number of carbonyl (C=O) groups excluding carboxylic acids is 1. The molecule has 2 rings (SSSR count). The van der Waals surface area contributed by atoms with Gasteiger partial charge in [0, 0.05) is 12.6 Å². The molecule has 4 nitrogen and oxygen atoms in total. The fourth-order valence-corrected chi connectivity index (χ4v) is 2.20. The van der Waals surface area contributed by atoms with Crippen LogP contribution in [0.25, 0.3) is 0 Å². The van der Waals surface area contributed by atoms with Gasteiger partial charge in [-0.05, 0) is 32.9 Å². The Bertz CT molecular complexity index is 328. The lowest BCUT2D eigenvalue weighted by Crippen LogP contribution is -2.27. The second-order valence-electron chi connectivity index (χ2n) is 4.20. The van der Waals surface area contributed by atoms with E-state index in [4.69, 9.17) is 0 Å². The molecule has 0 saturated carbocycles. The van der Waals surface area contributed by atoms with E-state index >= 15 is 0 Å². The maximum atomic E-state index is 10.8. The number of carbonyl (C=O) groups is 1. The van der Waals surface area contributed by atoms with Gasteiger partial charge in [0.2, 0.25) is 0 Å². The molecule has 1 atom stereocenters. The normalized spacial score (nSPS) is 19.3. The molecule has 0 radical (unpaired) electrons. The van der Waals surface area contributed by atoms with Gasteiger partial charge in [-0.2, -0.15) is 0 Å². The van der Waals surface area contributed by atoms with E-state index in [0.717, 1.165) is 12.8 Å². The Kier molecular flexibility index (Phi) is 3.16. The quantitative estimate of drug-likeness (QED) is 0.699. The fraction of sp³-hybridized carbons (Fsp3) is 0.636. The molecule has 82 valence electrons. The molecule has 1 aromatic rings. The Labute approximate surface area is 89.9 Å². The predicted molar refractivity (Wildman–Crippen MR) is 58.0 cm³/mol. The van der Waals surface area contributed by atoms with Crippen LogP contribution < -0.4 is 0 Å². The van der Waals surface area contributed by atoms with Gasteiger partial charge in [-0.25, -0.2) is 4.98 Å². The van der Waals surface area contributed by atoms with E-state index < -0.39 is 0 Å². The van der Waals surface area contributed by atoms with E-state index in [2.05, 4.69) is 16.8 Å². The SMILES string of the molecule is CC(CN1CCCC1)n1cncc1C=O. The number of hydrogen-bond acceptors (Lipinski definition) is 3. The molecule has 0 spiro atoms. The maximum absolute atomic E-state index is 10.8. The third-order valence-electron chi connectivity index (χ3n) is 3.01. The van der Waals surface area contributed by atoms with E-state index in [1.807, 2.05) is 4.57 Å². The van der Waals surface area contributed by atoms with Crippen molar-refractivity contribution in [1.82, 2.24) is 14.5 Å². The van der Waals surface area contributed by atoms with Crippen LogP contribution in [0.3, 0.4) is 0 Å². The number of aromatic nitrogens is 2. The molecule has 1 saturated heterocycles. The summed E-state index contributed by atoms with van der Waals surface area (Å²) in [7, 11) is 0. The topological polar surface area (TPSA) is 38.1 Å². The van der Waals surface area contributed by atoms with E-state index in [1.54, 1.807) is 12.5 Å². The predicted octanol–water partition coefficient (Wildman–Crippen LogP) is 1.35. The summed E-state index contributed by atoms with van der Waals surface area (Å²) in [5.74, 6) is 0.